The Morgan fingerprint density at radius 2 is 2.19 bits per heavy atom. The first-order valence-electron chi connectivity index (χ1n) is 8.22. The third-order valence-electron chi connectivity index (χ3n) is 4.04. The Labute approximate surface area is 161 Å². The molecule has 0 saturated heterocycles. The second-order valence-corrected chi connectivity index (χ2v) is 6.59. The first kappa shape index (κ1) is 18.6. The topological polar surface area (TPSA) is 84.3 Å². The molecule has 2 aromatic heterocycles. The van der Waals surface area contributed by atoms with Crippen molar-refractivity contribution in [1.82, 2.24) is 9.97 Å². The number of nitrogens with zero attached hydrogens (tertiary/aromatic N) is 2. The second kappa shape index (κ2) is 8.01. The van der Waals surface area contributed by atoms with E-state index in [0.717, 1.165) is 16.8 Å². The van der Waals surface area contributed by atoms with E-state index in [1.54, 1.807) is 23.5 Å². The van der Waals surface area contributed by atoms with E-state index >= 15 is 0 Å². The van der Waals surface area contributed by atoms with Gasteiger partial charge in [-0.1, -0.05) is 6.08 Å². The molecule has 6 nitrogen and oxygen atoms in total. The third-order valence-corrected chi connectivity index (χ3v) is 4.73. The van der Waals surface area contributed by atoms with Gasteiger partial charge in [0, 0.05) is 22.2 Å². The van der Waals surface area contributed by atoms with Crippen LogP contribution in [0.2, 0.25) is 0 Å². The van der Waals surface area contributed by atoms with Crippen LogP contribution in [0.25, 0.3) is 11.4 Å². The van der Waals surface area contributed by atoms with Crippen molar-refractivity contribution in [2.45, 2.75) is 13.3 Å². The summed E-state index contributed by atoms with van der Waals surface area (Å²) in [5.41, 5.74) is 3.51. The van der Waals surface area contributed by atoms with Crippen LogP contribution in [0.1, 0.15) is 21.6 Å². The van der Waals surface area contributed by atoms with Gasteiger partial charge in [-0.25, -0.2) is 14.8 Å². The van der Waals surface area contributed by atoms with Crippen LogP contribution in [-0.4, -0.2) is 28.2 Å². The Balaban J connectivity index is 2.07. The number of carbonyl (C=O) groups is 1. The van der Waals surface area contributed by atoms with E-state index in [0.29, 0.717) is 29.5 Å². The van der Waals surface area contributed by atoms with Crippen LogP contribution in [0.3, 0.4) is 0 Å². The molecule has 3 aromatic rings. The van der Waals surface area contributed by atoms with Crippen molar-refractivity contribution in [2.75, 3.05) is 12.4 Å². The van der Waals surface area contributed by atoms with Crippen molar-refractivity contribution in [3.63, 3.8) is 0 Å². The largest absolute Gasteiger partial charge is 0.495 e. The van der Waals surface area contributed by atoms with Gasteiger partial charge in [0.05, 0.1) is 18.4 Å². The first-order valence-corrected chi connectivity index (χ1v) is 9.17. The summed E-state index contributed by atoms with van der Waals surface area (Å²) in [5, 5.41) is 16.4. The molecule has 3 rings (SSSR count). The number of hydrogen-bond acceptors (Lipinski definition) is 6. The molecule has 0 amide bonds. The number of aryl methyl sites for hydroxylation is 1. The number of benzene rings is 1. The zero-order chi connectivity index (χ0) is 19.4. The number of rotatable bonds is 7. The second-order valence-electron chi connectivity index (χ2n) is 5.81. The van der Waals surface area contributed by atoms with Crippen molar-refractivity contribution in [1.29, 1.82) is 0 Å². The minimum absolute atomic E-state index is 0.154. The SMILES string of the molecule is C=CCc1c(C)nc(-c2ccsc2)nc1Nc1ccc(C(=O)O)cc1OC. The lowest BCUT2D eigenvalue weighted by atomic mass is 10.1. The highest BCUT2D eigenvalue weighted by Gasteiger charge is 2.15. The highest BCUT2D eigenvalue weighted by molar-refractivity contribution is 7.08. The molecule has 0 fully saturated rings. The number of hydrogen-bond donors (Lipinski definition) is 2. The van der Waals surface area contributed by atoms with Crippen molar-refractivity contribution in [3.8, 4) is 17.1 Å². The number of ether oxygens (including phenoxy) is 1. The molecule has 7 heteroatoms. The van der Waals surface area contributed by atoms with Crippen LogP contribution in [0, 0.1) is 6.92 Å². The summed E-state index contributed by atoms with van der Waals surface area (Å²) in [4.78, 5) is 20.5. The summed E-state index contributed by atoms with van der Waals surface area (Å²) in [6, 6.07) is 6.64. The Kier molecular flexibility index (Phi) is 5.52. The van der Waals surface area contributed by atoms with Crippen LogP contribution in [0.4, 0.5) is 11.5 Å². The quantitative estimate of drug-likeness (QED) is 0.578. The van der Waals surface area contributed by atoms with E-state index in [1.165, 1.54) is 19.2 Å². The van der Waals surface area contributed by atoms with Gasteiger partial charge in [0.2, 0.25) is 0 Å². The number of nitrogens with one attached hydrogen (secondary N) is 1. The molecule has 138 valence electrons. The molecule has 1 aromatic carbocycles. The van der Waals surface area contributed by atoms with E-state index in [9.17, 15) is 9.90 Å². The highest BCUT2D eigenvalue weighted by atomic mass is 32.1. The molecule has 2 heterocycles. The molecule has 0 atom stereocenters. The summed E-state index contributed by atoms with van der Waals surface area (Å²) in [5.74, 6) is 0.688. The smallest absolute Gasteiger partial charge is 0.335 e. The molecule has 0 saturated carbocycles. The Bertz CT molecular complexity index is 984. The summed E-state index contributed by atoms with van der Waals surface area (Å²) >= 11 is 1.58. The van der Waals surface area contributed by atoms with Crippen LogP contribution >= 0.6 is 11.3 Å². The fourth-order valence-electron chi connectivity index (χ4n) is 2.66. The van der Waals surface area contributed by atoms with Gasteiger partial charge < -0.3 is 15.2 Å². The fourth-order valence-corrected chi connectivity index (χ4v) is 3.30. The van der Waals surface area contributed by atoms with E-state index < -0.39 is 5.97 Å². The average Bonchev–Trinajstić information content (AvgIpc) is 3.19. The summed E-state index contributed by atoms with van der Waals surface area (Å²) < 4.78 is 5.35. The molecule has 0 unspecified atom stereocenters. The maximum atomic E-state index is 11.2. The molecule has 27 heavy (non-hydrogen) atoms. The van der Waals surface area contributed by atoms with Crippen LogP contribution in [0.5, 0.6) is 5.75 Å². The lowest BCUT2D eigenvalue weighted by Crippen LogP contribution is -2.06. The summed E-state index contributed by atoms with van der Waals surface area (Å²) in [7, 11) is 1.50. The molecule has 0 aliphatic carbocycles. The Hall–Kier alpha value is -3.19. The first-order chi connectivity index (χ1) is 13.0. The van der Waals surface area contributed by atoms with Gasteiger partial charge >= 0.3 is 5.97 Å². The molecule has 0 aliphatic heterocycles. The lowest BCUT2D eigenvalue weighted by molar-refractivity contribution is 0.0696. The minimum Gasteiger partial charge on any atom is -0.495 e. The van der Waals surface area contributed by atoms with Gasteiger partial charge in [0.25, 0.3) is 0 Å². The van der Waals surface area contributed by atoms with E-state index in [1.807, 2.05) is 23.8 Å². The van der Waals surface area contributed by atoms with Gasteiger partial charge in [-0.05, 0) is 43.0 Å². The standard InChI is InChI=1S/C20H19N3O3S/c1-4-5-15-12(2)21-18(14-8-9-27-11-14)23-19(15)22-16-7-6-13(20(24)25)10-17(16)26-3/h4,6-11H,1,5H2,2-3H3,(H,24,25)(H,21,22,23). The van der Waals surface area contributed by atoms with Crippen LogP contribution in [0.15, 0.2) is 47.7 Å². The Morgan fingerprint density at radius 3 is 2.81 bits per heavy atom. The average molecular weight is 381 g/mol. The molecule has 0 radical (unpaired) electrons. The minimum atomic E-state index is -1.01. The zero-order valence-corrected chi connectivity index (χ0v) is 15.8. The van der Waals surface area contributed by atoms with Crippen molar-refractivity contribution in [2.24, 2.45) is 0 Å². The van der Waals surface area contributed by atoms with E-state index in [4.69, 9.17) is 4.74 Å². The number of aromatic nitrogens is 2. The summed E-state index contributed by atoms with van der Waals surface area (Å²) in [6.45, 7) is 5.75. The Morgan fingerprint density at radius 1 is 1.37 bits per heavy atom. The third kappa shape index (κ3) is 3.98. The fraction of sp³-hybridized carbons (Fsp3) is 0.150. The normalized spacial score (nSPS) is 10.4. The number of anilines is 2. The van der Waals surface area contributed by atoms with Gasteiger partial charge in [-0.3, -0.25) is 0 Å². The number of carboxylic acids is 1. The molecular formula is C20H19N3O3S. The number of thiophene rings is 1. The number of carboxylic acid groups (broad SMARTS) is 1. The highest BCUT2D eigenvalue weighted by Crippen LogP contribution is 2.32. The predicted octanol–water partition coefficient (Wildman–Crippen LogP) is 4.69. The summed E-state index contributed by atoms with van der Waals surface area (Å²) in [6.07, 6.45) is 2.40. The van der Waals surface area contributed by atoms with Gasteiger partial charge in [0.15, 0.2) is 5.82 Å². The monoisotopic (exact) mass is 381 g/mol. The molecular weight excluding hydrogens is 362 g/mol. The molecule has 0 spiro atoms. The number of methoxy groups -OCH3 is 1. The van der Waals surface area contributed by atoms with Gasteiger partial charge in [-0.2, -0.15) is 11.3 Å². The molecule has 0 bridgehead atoms. The number of allylic oxidation sites excluding steroid dienone is 1. The maximum Gasteiger partial charge on any atom is 0.335 e. The van der Waals surface area contributed by atoms with Crippen LogP contribution < -0.4 is 10.1 Å². The lowest BCUT2D eigenvalue weighted by Gasteiger charge is -2.16. The van der Waals surface area contributed by atoms with Gasteiger partial charge in [0.1, 0.15) is 11.6 Å². The van der Waals surface area contributed by atoms with Crippen molar-refractivity contribution >= 4 is 28.8 Å². The molecule has 0 aliphatic rings. The van der Waals surface area contributed by atoms with E-state index in [2.05, 4.69) is 21.9 Å². The van der Waals surface area contributed by atoms with E-state index in [-0.39, 0.29) is 5.56 Å². The van der Waals surface area contributed by atoms with Crippen molar-refractivity contribution in [3.05, 3.63) is 64.5 Å². The van der Waals surface area contributed by atoms with Crippen molar-refractivity contribution < 1.29 is 14.6 Å². The van der Waals surface area contributed by atoms with Gasteiger partial charge in [-0.15, -0.1) is 6.58 Å². The van der Waals surface area contributed by atoms with Crippen LogP contribution in [-0.2, 0) is 6.42 Å². The maximum absolute atomic E-state index is 11.2. The zero-order valence-electron chi connectivity index (χ0n) is 15.0. The molecule has 2 N–H and O–H groups in total. The predicted molar refractivity (Wildman–Crippen MR) is 107 cm³/mol. The number of aromatic carboxylic acids is 1.